The van der Waals surface area contributed by atoms with Crippen LogP contribution in [0.15, 0.2) is 0 Å². The van der Waals surface area contributed by atoms with E-state index in [9.17, 15) is 17.6 Å². The van der Waals surface area contributed by atoms with Crippen molar-refractivity contribution in [2.45, 2.75) is 96.2 Å². The molecule has 0 radical (unpaired) electrons. The van der Waals surface area contributed by atoms with Crippen molar-refractivity contribution in [3.63, 3.8) is 0 Å². The van der Waals surface area contributed by atoms with E-state index in [4.69, 9.17) is 0 Å². The van der Waals surface area contributed by atoms with Crippen LogP contribution < -0.4 is 0 Å². The van der Waals surface area contributed by atoms with Gasteiger partial charge in [-0.05, 0) is 81.0 Å². The lowest BCUT2D eigenvalue weighted by molar-refractivity contribution is -0.208. The summed E-state index contributed by atoms with van der Waals surface area (Å²) in [5.41, 5.74) is 0. The van der Waals surface area contributed by atoms with E-state index in [1.165, 1.54) is 38.5 Å². The Bertz CT molecular complexity index is 391. The third-order valence-electron chi connectivity index (χ3n) is 7.24. The van der Waals surface area contributed by atoms with Gasteiger partial charge in [0.1, 0.15) is 18.4 Å². The van der Waals surface area contributed by atoms with Crippen LogP contribution >= 0.6 is 0 Å². The molecular weight excluding hydrogens is 332 g/mol. The van der Waals surface area contributed by atoms with Crippen LogP contribution in [0.2, 0.25) is 0 Å². The lowest BCUT2D eigenvalue weighted by atomic mass is 9.65. The molecule has 1 nitrogen and oxygen atoms in total. The molecule has 0 aromatic carbocycles. The standard InChI is InChI=1S/C20H32F4O/c1-12-2-4-13(5-3-12)14-6-8-15(9-7-14)16-10-17(21)19(18(22)11-16)25-20(23)24/h12-20H,2-11H2,1H3. The van der Waals surface area contributed by atoms with Crippen LogP contribution in [0.5, 0.6) is 0 Å². The molecule has 0 aromatic heterocycles. The molecule has 25 heavy (non-hydrogen) atoms. The van der Waals surface area contributed by atoms with Crippen LogP contribution in [0, 0.1) is 29.6 Å². The molecule has 3 aliphatic rings. The number of hydrogen-bond donors (Lipinski definition) is 0. The fourth-order valence-electron chi connectivity index (χ4n) is 5.69. The Balaban J connectivity index is 1.47. The van der Waals surface area contributed by atoms with E-state index < -0.39 is 25.1 Å². The first kappa shape index (κ1) is 19.4. The summed E-state index contributed by atoms with van der Waals surface area (Å²) in [6, 6.07) is 0. The second-order valence-corrected chi connectivity index (χ2v) is 8.82. The average Bonchev–Trinajstić information content (AvgIpc) is 2.59. The molecule has 2 unspecified atom stereocenters. The molecule has 0 aromatic rings. The minimum atomic E-state index is -3.10. The predicted octanol–water partition coefficient (Wildman–Crippen LogP) is 6.31. The highest BCUT2D eigenvalue weighted by Crippen LogP contribution is 2.46. The zero-order valence-electron chi connectivity index (χ0n) is 15.2. The van der Waals surface area contributed by atoms with E-state index in [1.807, 2.05) is 0 Å². The third kappa shape index (κ3) is 4.90. The van der Waals surface area contributed by atoms with Gasteiger partial charge in [-0.2, -0.15) is 8.78 Å². The smallest absolute Gasteiger partial charge is 0.313 e. The number of rotatable bonds is 4. The van der Waals surface area contributed by atoms with Crippen LogP contribution in [0.4, 0.5) is 17.6 Å². The minimum Gasteiger partial charge on any atom is -0.313 e. The van der Waals surface area contributed by atoms with Gasteiger partial charge in [0, 0.05) is 0 Å². The van der Waals surface area contributed by atoms with E-state index in [0.717, 1.165) is 30.6 Å². The van der Waals surface area contributed by atoms with Crippen LogP contribution in [0.25, 0.3) is 0 Å². The molecule has 2 atom stereocenters. The normalized spacial score (nSPS) is 46.3. The molecule has 3 rings (SSSR count). The molecule has 3 aliphatic carbocycles. The first-order valence-corrected chi connectivity index (χ1v) is 10.2. The summed E-state index contributed by atoms with van der Waals surface area (Å²) in [6.45, 7) is -0.770. The molecule has 0 spiro atoms. The van der Waals surface area contributed by atoms with Crippen molar-refractivity contribution in [2.75, 3.05) is 0 Å². The second kappa shape index (κ2) is 8.58. The summed E-state index contributed by atoms with van der Waals surface area (Å²) < 4.78 is 57.1. The zero-order chi connectivity index (χ0) is 18.0. The Morgan fingerprint density at radius 2 is 1.08 bits per heavy atom. The number of alkyl halides is 4. The van der Waals surface area contributed by atoms with Crippen LogP contribution in [0.1, 0.15) is 71.1 Å². The van der Waals surface area contributed by atoms with Crippen LogP contribution in [0.3, 0.4) is 0 Å². The van der Waals surface area contributed by atoms with Crippen molar-refractivity contribution >= 4 is 0 Å². The van der Waals surface area contributed by atoms with Gasteiger partial charge in [-0.3, -0.25) is 0 Å². The van der Waals surface area contributed by atoms with Gasteiger partial charge in [-0.15, -0.1) is 0 Å². The fraction of sp³-hybridized carbons (Fsp3) is 1.00. The summed E-state index contributed by atoms with van der Waals surface area (Å²) in [6.07, 6.45) is 5.33. The van der Waals surface area contributed by atoms with E-state index in [-0.39, 0.29) is 18.8 Å². The number of halogens is 4. The van der Waals surface area contributed by atoms with Gasteiger partial charge in [0.15, 0.2) is 0 Å². The molecule has 0 bridgehead atoms. The van der Waals surface area contributed by atoms with Crippen molar-refractivity contribution in [1.82, 2.24) is 0 Å². The maximum Gasteiger partial charge on any atom is 0.345 e. The second-order valence-electron chi connectivity index (χ2n) is 8.82. The van der Waals surface area contributed by atoms with Crippen molar-refractivity contribution in [3.8, 4) is 0 Å². The summed E-state index contributed by atoms with van der Waals surface area (Å²) >= 11 is 0. The summed E-state index contributed by atoms with van der Waals surface area (Å²) in [4.78, 5) is 0. The zero-order valence-corrected chi connectivity index (χ0v) is 15.2. The number of hydrogen-bond acceptors (Lipinski definition) is 1. The Labute approximate surface area is 148 Å². The molecular formula is C20H32F4O. The first-order valence-electron chi connectivity index (χ1n) is 10.2. The Morgan fingerprint density at radius 3 is 1.52 bits per heavy atom. The predicted molar refractivity (Wildman–Crippen MR) is 90.0 cm³/mol. The van der Waals surface area contributed by atoms with Gasteiger partial charge in [0.2, 0.25) is 0 Å². The fourth-order valence-corrected chi connectivity index (χ4v) is 5.69. The molecule has 146 valence electrons. The molecule has 0 saturated heterocycles. The van der Waals surface area contributed by atoms with Gasteiger partial charge in [0.25, 0.3) is 0 Å². The minimum absolute atomic E-state index is 0.0187. The maximum absolute atomic E-state index is 14.2. The average molecular weight is 364 g/mol. The topological polar surface area (TPSA) is 9.23 Å². The van der Waals surface area contributed by atoms with Crippen molar-refractivity contribution in [3.05, 3.63) is 0 Å². The monoisotopic (exact) mass is 364 g/mol. The van der Waals surface area contributed by atoms with Crippen molar-refractivity contribution < 1.29 is 22.3 Å². The SMILES string of the molecule is CC1CCC(C2CCC(C3CC(F)C(OC(F)F)C(F)C3)CC2)CC1. The van der Waals surface area contributed by atoms with Crippen LogP contribution in [-0.4, -0.2) is 25.1 Å². The van der Waals surface area contributed by atoms with E-state index in [0.29, 0.717) is 5.92 Å². The quantitative estimate of drug-likeness (QED) is 0.531. The van der Waals surface area contributed by atoms with Crippen molar-refractivity contribution in [2.24, 2.45) is 29.6 Å². The van der Waals surface area contributed by atoms with Gasteiger partial charge in [0.05, 0.1) is 0 Å². The highest BCUT2D eigenvalue weighted by molar-refractivity contribution is 4.92. The third-order valence-corrected chi connectivity index (χ3v) is 7.24. The van der Waals surface area contributed by atoms with E-state index in [2.05, 4.69) is 11.7 Å². The van der Waals surface area contributed by atoms with Gasteiger partial charge in [-0.25, -0.2) is 8.78 Å². The highest BCUT2D eigenvalue weighted by atomic mass is 19.3. The van der Waals surface area contributed by atoms with E-state index in [1.54, 1.807) is 0 Å². The highest BCUT2D eigenvalue weighted by Gasteiger charge is 2.44. The lowest BCUT2D eigenvalue weighted by Gasteiger charge is -2.42. The Morgan fingerprint density at radius 1 is 0.680 bits per heavy atom. The molecule has 0 amide bonds. The van der Waals surface area contributed by atoms with Crippen molar-refractivity contribution in [1.29, 1.82) is 0 Å². The molecule has 3 fully saturated rings. The van der Waals surface area contributed by atoms with E-state index >= 15 is 0 Å². The van der Waals surface area contributed by atoms with Crippen LogP contribution in [-0.2, 0) is 4.74 Å². The van der Waals surface area contributed by atoms with Gasteiger partial charge in [-0.1, -0.05) is 19.8 Å². The Kier molecular flexibility index (Phi) is 6.67. The van der Waals surface area contributed by atoms with Gasteiger partial charge >= 0.3 is 6.61 Å². The summed E-state index contributed by atoms with van der Waals surface area (Å²) in [5, 5.41) is 0. The molecule has 5 heteroatoms. The lowest BCUT2D eigenvalue weighted by Crippen LogP contribution is -2.45. The number of ether oxygens (including phenoxy) is 1. The summed E-state index contributed by atoms with van der Waals surface area (Å²) in [5.74, 6) is 2.82. The first-order chi connectivity index (χ1) is 11.9. The summed E-state index contributed by atoms with van der Waals surface area (Å²) in [7, 11) is 0. The molecule has 0 heterocycles. The van der Waals surface area contributed by atoms with Gasteiger partial charge < -0.3 is 4.74 Å². The molecule has 3 saturated carbocycles. The Hall–Kier alpha value is -0.320. The molecule has 0 N–H and O–H groups in total. The largest absolute Gasteiger partial charge is 0.345 e. The maximum atomic E-state index is 14.2. The molecule has 0 aliphatic heterocycles.